The molecule has 4 nitrogen and oxygen atoms in total. The molecular formula is C13H18N2O2. The third-order valence-electron chi connectivity index (χ3n) is 3.20. The molecule has 92 valence electrons. The van der Waals surface area contributed by atoms with Crippen LogP contribution in [0.15, 0.2) is 24.3 Å². The Labute approximate surface area is 101 Å². The number of carbonyl (C=O) groups is 1. The highest BCUT2D eigenvalue weighted by Crippen LogP contribution is 2.21. The number of anilines is 1. The Hall–Kier alpha value is -1.71. The number of phenolic OH excluding ortho intramolecular Hbond substituents is 1. The minimum atomic E-state index is -0.109. The molecule has 2 rings (SSSR count). The first-order valence-corrected chi connectivity index (χ1v) is 6.00. The van der Waals surface area contributed by atoms with Crippen LogP contribution in [0.3, 0.4) is 0 Å². The van der Waals surface area contributed by atoms with E-state index in [1.165, 1.54) is 17.7 Å². The monoisotopic (exact) mass is 234 g/mol. The van der Waals surface area contributed by atoms with Gasteiger partial charge in [-0.25, -0.2) is 4.79 Å². The van der Waals surface area contributed by atoms with Gasteiger partial charge in [-0.15, -0.1) is 0 Å². The molecule has 0 aliphatic heterocycles. The van der Waals surface area contributed by atoms with E-state index in [1.807, 2.05) is 0 Å². The summed E-state index contributed by atoms with van der Waals surface area (Å²) in [4.78, 5) is 13.5. The number of hydrogen-bond acceptors (Lipinski definition) is 2. The molecule has 1 fully saturated rings. The molecule has 2 N–H and O–H groups in total. The van der Waals surface area contributed by atoms with E-state index >= 15 is 0 Å². The number of aromatic hydroxyl groups is 1. The fourth-order valence-electron chi connectivity index (χ4n) is 2.16. The van der Waals surface area contributed by atoms with Crippen molar-refractivity contribution in [3.05, 3.63) is 24.3 Å². The number of nitrogens with one attached hydrogen (secondary N) is 1. The van der Waals surface area contributed by atoms with Gasteiger partial charge in [-0.3, -0.25) is 4.90 Å². The van der Waals surface area contributed by atoms with Crippen molar-refractivity contribution in [2.45, 2.75) is 31.7 Å². The van der Waals surface area contributed by atoms with Crippen molar-refractivity contribution < 1.29 is 9.90 Å². The molecular weight excluding hydrogens is 216 g/mol. The largest absolute Gasteiger partial charge is 0.508 e. The summed E-state index contributed by atoms with van der Waals surface area (Å²) in [6.07, 6.45) is 4.53. The van der Waals surface area contributed by atoms with Gasteiger partial charge in [-0.05, 0) is 25.0 Å². The number of phenols is 1. The lowest BCUT2D eigenvalue weighted by atomic mass is 10.2. The summed E-state index contributed by atoms with van der Waals surface area (Å²) >= 11 is 0. The smallest absolute Gasteiger partial charge is 0.321 e. The van der Waals surface area contributed by atoms with Crippen LogP contribution in [0.2, 0.25) is 0 Å². The predicted molar refractivity (Wildman–Crippen MR) is 67.3 cm³/mol. The Balaban J connectivity index is 1.98. The van der Waals surface area contributed by atoms with E-state index in [9.17, 15) is 9.90 Å². The van der Waals surface area contributed by atoms with E-state index in [2.05, 4.69) is 5.32 Å². The average Bonchev–Trinajstić information content (AvgIpc) is 2.80. The van der Waals surface area contributed by atoms with E-state index in [0.717, 1.165) is 12.8 Å². The van der Waals surface area contributed by atoms with Gasteiger partial charge in [0.25, 0.3) is 0 Å². The molecule has 0 radical (unpaired) electrons. The highest BCUT2D eigenvalue weighted by atomic mass is 16.3. The molecule has 2 amide bonds. The molecule has 0 atom stereocenters. The minimum absolute atomic E-state index is 0.109. The van der Waals surface area contributed by atoms with Gasteiger partial charge in [0.2, 0.25) is 0 Å². The van der Waals surface area contributed by atoms with E-state index in [1.54, 1.807) is 31.3 Å². The van der Waals surface area contributed by atoms with Gasteiger partial charge in [0, 0.05) is 24.8 Å². The van der Waals surface area contributed by atoms with Gasteiger partial charge in [-0.1, -0.05) is 18.9 Å². The number of hydrogen-bond donors (Lipinski definition) is 2. The number of benzene rings is 1. The van der Waals surface area contributed by atoms with Gasteiger partial charge in [0.05, 0.1) is 0 Å². The molecule has 0 bridgehead atoms. The molecule has 1 aromatic rings. The first-order valence-electron chi connectivity index (χ1n) is 6.00. The van der Waals surface area contributed by atoms with Crippen LogP contribution < -0.4 is 10.2 Å². The fraction of sp³-hybridized carbons (Fsp3) is 0.462. The molecule has 0 heterocycles. The van der Waals surface area contributed by atoms with Gasteiger partial charge >= 0.3 is 6.03 Å². The number of nitrogens with zero attached hydrogens (tertiary/aromatic N) is 1. The molecule has 1 aromatic carbocycles. The van der Waals surface area contributed by atoms with Crippen LogP contribution in [-0.2, 0) is 0 Å². The average molecular weight is 234 g/mol. The molecule has 4 heteroatoms. The predicted octanol–water partition coefficient (Wildman–Crippen LogP) is 2.48. The van der Waals surface area contributed by atoms with E-state index in [4.69, 9.17) is 0 Å². The van der Waals surface area contributed by atoms with Crippen LogP contribution >= 0.6 is 0 Å². The standard InChI is InChI=1S/C13H18N2O2/c1-15(11-7-4-8-12(16)9-11)13(17)14-10-5-2-3-6-10/h4,7-10,16H,2-3,5-6H2,1H3,(H,14,17). The van der Waals surface area contributed by atoms with Crippen LogP contribution in [0.4, 0.5) is 10.5 Å². The third kappa shape index (κ3) is 2.90. The summed E-state index contributed by atoms with van der Waals surface area (Å²) in [5.74, 6) is 0.169. The van der Waals surface area contributed by atoms with Crippen molar-refractivity contribution in [3.63, 3.8) is 0 Å². The van der Waals surface area contributed by atoms with Crippen molar-refractivity contribution in [1.29, 1.82) is 0 Å². The lowest BCUT2D eigenvalue weighted by molar-refractivity contribution is 0.244. The Morgan fingerprint density at radius 1 is 1.41 bits per heavy atom. The fourth-order valence-corrected chi connectivity index (χ4v) is 2.16. The molecule has 0 aromatic heterocycles. The van der Waals surface area contributed by atoms with Crippen molar-refractivity contribution in [2.75, 3.05) is 11.9 Å². The van der Waals surface area contributed by atoms with Crippen molar-refractivity contribution >= 4 is 11.7 Å². The van der Waals surface area contributed by atoms with Crippen LogP contribution in [0.5, 0.6) is 5.75 Å². The zero-order valence-electron chi connectivity index (χ0n) is 10.0. The van der Waals surface area contributed by atoms with Crippen LogP contribution in [0, 0.1) is 0 Å². The number of urea groups is 1. The van der Waals surface area contributed by atoms with Gasteiger partial charge in [0.15, 0.2) is 0 Å². The molecule has 1 aliphatic rings. The zero-order chi connectivity index (χ0) is 12.3. The second-order valence-corrected chi connectivity index (χ2v) is 4.51. The van der Waals surface area contributed by atoms with Gasteiger partial charge in [0.1, 0.15) is 5.75 Å². The lowest BCUT2D eigenvalue weighted by Crippen LogP contribution is -2.42. The number of carbonyl (C=O) groups excluding carboxylic acids is 1. The zero-order valence-corrected chi connectivity index (χ0v) is 10.0. The SMILES string of the molecule is CN(C(=O)NC1CCCC1)c1cccc(O)c1. The maximum atomic E-state index is 11.9. The maximum Gasteiger partial charge on any atom is 0.321 e. The Morgan fingerprint density at radius 2 is 2.12 bits per heavy atom. The Bertz CT molecular complexity index is 400. The van der Waals surface area contributed by atoms with Gasteiger partial charge in [-0.2, -0.15) is 0 Å². The highest BCUT2D eigenvalue weighted by Gasteiger charge is 2.19. The first-order chi connectivity index (χ1) is 8.16. The highest BCUT2D eigenvalue weighted by molar-refractivity contribution is 5.91. The normalized spacial score (nSPS) is 15.8. The van der Waals surface area contributed by atoms with Crippen molar-refractivity contribution in [1.82, 2.24) is 5.32 Å². The second-order valence-electron chi connectivity index (χ2n) is 4.51. The number of amides is 2. The summed E-state index contributed by atoms with van der Waals surface area (Å²) in [5.41, 5.74) is 0.695. The van der Waals surface area contributed by atoms with Crippen LogP contribution in [0.25, 0.3) is 0 Å². The molecule has 17 heavy (non-hydrogen) atoms. The lowest BCUT2D eigenvalue weighted by Gasteiger charge is -2.21. The van der Waals surface area contributed by atoms with Crippen molar-refractivity contribution in [2.24, 2.45) is 0 Å². The Morgan fingerprint density at radius 3 is 2.76 bits per heavy atom. The van der Waals surface area contributed by atoms with E-state index < -0.39 is 0 Å². The summed E-state index contributed by atoms with van der Waals surface area (Å²) in [6, 6.07) is 6.89. The summed E-state index contributed by atoms with van der Waals surface area (Å²) in [7, 11) is 1.71. The third-order valence-corrected chi connectivity index (χ3v) is 3.20. The quantitative estimate of drug-likeness (QED) is 0.826. The summed E-state index contributed by atoms with van der Waals surface area (Å²) in [6.45, 7) is 0. The van der Waals surface area contributed by atoms with Crippen LogP contribution in [0.1, 0.15) is 25.7 Å². The van der Waals surface area contributed by atoms with E-state index in [-0.39, 0.29) is 11.8 Å². The minimum Gasteiger partial charge on any atom is -0.508 e. The van der Waals surface area contributed by atoms with Gasteiger partial charge < -0.3 is 10.4 Å². The molecule has 0 spiro atoms. The topological polar surface area (TPSA) is 52.6 Å². The maximum absolute atomic E-state index is 11.9. The van der Waals surface area contributed by atoms with E-state index in [0.29, 0.717) is 11.7 Å². The molecule has 0 saturated heterocycles. The van der Waals surface area contributed by atoms with Crippen molar-refractivity contribution in [3.8, 4) is 5.75 Å². The first kappa shape index (κ1) is 11.8. The van der Waals surface area contributed by atoms with Crippen LogP contribution in [-0.4, -0.2) is 24.2 Å². The molecule has 0 unspecified atom stereocenters. The number of rotatable bonds is 2. The summed E-state index contributed by atoms with van der Waals surface area (Å²) in [5, 5.41) is 12.4. The Kier molecular flexibility index (Phi) is 3.52. The summed E-state index contributed by atoms with van der Waals surface area (Å²) < 4.78 is 0. The second kappa shape index (κ2) is 5.08. The molecule has 1 saturated carbocycles. The molecule has 1 aliphatic carbocycles.